The summed E-state index contributed by atoms with van der Waals surface area (Å²) in [5, 5.41) is 9.18. The fraction of sp³-hybridized carbons (Fsp3) is 0.375. The van der Waals surface area contributed by atoms with E-state index in [1.165, 1.54) is 5.56 Å². The Balaban J connectivity index is 1.47. The van der Waals surface area contributed by atoms with E-state index in [0.717, 1.165) is 24.1 Å². The highest BCUT2D eigenvalue weighted by Crippen LogP contribution is 2.29. The minimum Gasteiger partial charge on any atom is -0.322 e. The molecule has 2 aromatic rings. The zero-order valence-corrected chi connectivity index (χ0v) is 17.7. The lowest BCUT2D eigenvalue weighted by molar-refractivity contribution is -0.136. The van der Waals surface area contributed by atoms with Gasteiger partial charge in [-0.15, -0.1) is 0 Å². The highest BCUT2D eigenvalue weighted by Gasteiger charge is 2.39. The Labute approximate surface area is 182 Å². The molecule has 1 saturated heterocycles. The second-order valence-corrected chi connectivity index (χ2v) is 8.18. The lowest BCUT2D eigenvalue weighted by atomic mass is 10.0. The van der Waals surface area contributed by atoms with Gasteiger partial charge in [-0.3, -0.25) is 19.7 Å². The number of nitrogens with zero attached hydrogens (tertiary/aromatic N) is 1. The van der Waals surface area contributed by atoms with Gasteiger partial charge in [-0.2, -0.15) is 0 Å². The van der Waals surface area contributed by atoms with Crippen molar-refractivity contribution in [2.45, 2.75) is 44.4 Å². The molecular weight excluding hydrogens is 392 g/mol. The summed E-state index contributed by atoms with van der Waals surface area (Å²) in [5.74, 6) is -0.784. The van der Waals surface area contributed by atoms with Crippen molar-refractivity contribution in [3.8, 4) is 0 Å². The van der Waals surface area contributed by atoms with E-state index in [0.29, 0.717) is 25.1 Å². The smallest absolute Gasteiger partial charge is 0.255 e. The molecule has 4 rings (SSSR count). The van der Waals surface area contributed by atoms with Crippen LogP contribution in [0.1, 0.15) is 39.9 Å². The lowest BCUT2D eigenvalue weighted by Gasteiger charge is -2.29. The molecule has 2 aliphatic heterocycles. The van der Waals surface area contributed by atoms with E-state index in [2.05, 4.69) is 28.1 Å². The van der Waals surface area contributed by atoms with Crippen LogP contribution >= 0.6 is 0 Å². The molecule has 0 aromatic heterocycles. The molecule has 2 aliphatic rings. The monoisotopic (exact) mass is 420 g/mol. The molecule has 0 spiro atoms. The fourth-order valence-electron chi connectivity index (χ4n) is 4.45. The van der Waals surface area contributed by atoms with Crippen LogP contribution in [0.15, 0.2) is 48.5 Å². The average molecular weight is 421 g/mol. The number of rotatable bonds is 8. The quantitative estimate of drug-likeness (QED) is 0.561. The van der Waals surface area contributed by atoms with E-state index in [-0.39, 0.29) is 30.2 Å². The van der Waals surface area contributed by atoms with Crippen molar-refractivity contribution in [2.75, 3.05) is 13.6 Å². The Bertz CT molecular complexity index is 976. The first-order chi connectivity index (χ1) is 15.1. The molecule has 7 heteroatoms. The maximum absolute atomic E-state index is 13.2. The maximum atomic E-state index is 13.2. The number of fused-ring (bicyclic) bond motifs is 1. The van der Waals surface area contributed by atoms with Gasteiger partial charge in [0.15, 0.2) is 0 Å². The number of hydrogen-bond donors (Lipinski definition) is 3. The highest BCUT2D eigenvalue weighted by molar-refractivity contribution is 6.05. The molecular formula is C24H28N4O3. The molecule has 2 heterocycles. The molecule has 162 valence electrons. The molecule has 1 fully saturated rings. The molecule has 0 aliphatic carbocycles. The molecule has 0 bridgehead atoms. The first-order valence-corrected chi connectivity index (χ1v) is 10.7. The normalized spacial score (nSPS) is 19.3. The summed E-state index contributed by atoms with van der Waals surface area (Å²) in [6.45, 7) is 1.77. The van der Waals surface area contributed by atoms with Crippen LogP contribution in [0, 0.1) is 0 Å². The van der Waals surface area contributed by atoms with Crippen LogP contribution in [0.4, 0.5) is 0 Å². The van der Waals surface area contributed by atoms with E-state index in [9.17, 15) is 14.4 Å². The molecule has 7 nitrogen and oxygen atoms in total. The average Bonchev–Trinajstić information content (AvgIpc) is 3.10. The first kappa shape index (κ1) is 21.2. The summed E-state index contributed by atoms with van der Waals surface area (Å²) in [4.78, 5) is 38.6. The van der Waals surface area contributed by atoms with Crippen molar-refractivity contribution in [2.24, 2.45) is 0 Å². The molecule has 2 unspecified atom stereocenters. The Hall–Kier alpha value is -3.03. The summed E-state index contributed by atoms with van der Waals surface area (Å²) in [5.41, 5.74) is 3.81. The van der Waals surface area contributed by atoms with E-state index in [1.54, 1.807) is 4.90 Å². The summed E-state index contributed by atoms with van der Waals surface area (Å²) >= 11 is 0. The minimum absolute atomic E-state index is 0.130. The number of piperidine rings is 1. The third-order valence-electron chi connectivity index (χ3n) is 6.00. The predicted molar refractivity (Wildman–Crippen MR) is 117 cm³/mol. The van der Waals surface area contributed by atoms with Crippen molar-refractivity contribution < 1.29 is 14.4 Å². The van der Waals surface area contributed by atoms with Gasteiger partial charge in [0.1, 0.15) is 6.04 Å². The van der Waals surface area contributed by atoms with E-state index >= 15 is 0 Å². The number of benzene rings is 2. The van der Waals surface area contributed by atoms with Gasteiger partial charge in [0, 0.05) is 37.7 Å². The topological polar surface area (TPSA) is 90.5 Å². The molecule has 2 atom stereocenters. The Kier molecular flexibility index (Phi) is 6.44. The number of carbonyl (C=O) groups is 3. The summed E-state index contributed by atoms with van der Waals surface area (Å²) in [6.07, 6.45) is 1.52. The standard InChI is InChI=1S/C24H28N4O3/c1-25-14-19(12-16-6-3-2-4-7-16)26-13-17-8-5-9-18-15-28(24(31)22(17)18)20-10-11-21(29)27-23(20)30/h2-9,19-20,25-26H,10-15H2,1H3,(H,27,29,30). The number of likely N-dealkylation sites (N-methyl/N-ethyl adjacent to an activating group) is 1. The zero-order chi connectivity index (χ0) is 21.8. The largest absolute Gasteiger partial charge is 0.322 e. The first-order valence-electron chi connectivity index (χ1n) is 10.7. The van der Waals surface area contributed by atoms with E-state index < -0.39 is 6.04 Å². The van der Waals surface area contributed by atoms with Crippen LogP contribution in [0.2, 0.25) is 0 Å². The number of amides is 3. The van der Waals surface area contributed by atoms with Crippen LogP contribution in [-0.2, 0) is 29.1 Å². The van der Waals surface area contributed by atoms with Gasteiger partial charge in [-0.25, -0.2) is 0 Å². The van der Waals surface area contributed by atoms with Crippen molar-refractivity contribution >= 4 is 17.7 Å². The van der Waals surface area contributed by atoms with Crippen LogP contribution < -0.4 is 16.0 Å². The fourth-order valence-corrected chi connectivity index (χ4v) is 4.45. The van der Waals surface area contributed by atoms with E-state index in [4.69, 9.17) is 0 Å². The van der Waals surface area contributed by atoms with Crippen molar-refractivity contribution in [1.29, 1.82) is 0 Å². The van der Waals surface area contributed by atoms with Crippen LogP contribution in [0.25, 0.3) is 0 Å². The lowest BCUT2D eigenvalue weighted by Crippen LogP contribution is -2.52. The van der Waals surface area contributed by atoms with E-state index in [1.807, 2.05) is 43.4 Å². The number of carbonyl (C=O) groups excluding carboxylic acids is 3. The predicted octanol–water partition coefficient (Wildman–Crippen LogP) is 1.37. The van der Waals surface area contributed by atoms with Crippen LogP contribution in [-0.4, -0.2) is 48.3 Å². The molecule has 0 radical (unpaired) electrons. The molecule has 3 N–H and O–H groups in total. The zero-order valence-electron chi connectivity index (χ0n) is 17.7. The van der Waals surface area contributed by atoms with Gasteiger partial charge < -0.3 is 15.5 Å². The second kappa shape index (κ2) is 9.41. The molecule has 0 saturated carbocycles. The van der Waals surface area contributed by atoms with Gasteiger partial charge in [0.25, 0.3) is 5.91 Å². The van der Waals surface area contributed by atoms with Gasteiger partial charge >= 0.3 is 0 Å². The van der Waals surface area contributed by atoms with Crippen LogP contribution in [0.5, 0.6) is 0 Å². The number of nitrogens with one attached hydrogen (secondary N) is 3. The third kappa shape index (κ3) is 4.68. The van der Waals surface area contributed by atoms with Crippen LogP contribution in [0.3, 0.4) is 0 Å². The Morgan fingerprint density at radius 1 is 1.10 bits per heavy atom. The number of imide groups is 1. The second-order valence-electron chi connectivity index (χ2n) is 8.18. The summed E-state index contributed by atoms with van der Waals surface area (Å²) in [6, 6.07) is 15.8. The maximum Gasteiger partial charge on any atom is 0.255 e. The minimum atomic E-state index is -0.589. The molecule has 2 aromatic carbocycles. The van der Waals surface area contributed by atoms with Gasteiger partial charge in [-0.1, -0.05) is 48.5 Å². The highest BCUT2D eigenvalue weighted by atomic mass is 16.2. The third-order valence-corrected chi connectivity index (χ3v) is 6.00. The molecule has 3 amide bonds. The van der Waals surface area contributed by atoms with Gasteiger partial charge in [-0.05, 0) is 36.6 Å². The Morgan fingerprint density at radius 3 is 2.65 bits per heavy atom. The van der Waals surface area contributed by atoms with Crippen molar-refractivity contribution in [3.63, 3.8) is 0 Å². The molecule has 31 heavy (non-hydrogen) atoms. The summed E-state index contributed by atoms with van der Waals surface area (Å²) < 4.78 is 0. The van der Waals surface area contributed by atoms with Crippen molar-refractivity contribution in [1.82, 2.24) is 20.9 Å². The van der Waals surface area contributed by atoms with Gasteiger partial charge in [0.05, 0.1) is 0 Å². The Morgan fingerprint density at radius 2 is 1.90 bits per heavy atom. The SMILES string of the molecule is CNCC(Cc1ccccc1)NCc1cccc2c1C(=O)N(C1CCC(=O)NC1=O)C2. The number of hydrogen-bond acceptors (Lipinski definition) is 5. The van der Waals surface area contributed by atoms with Gasteiger partial charge in [0.2, 0.25) is 11.8 Å². The summed E-state index contributed by atoms with van der Waals surface area (Å²) in [7, 11) is 1.93. The van der Waals surface area contributed by atoms with Crippen molar-refractivity contribution in [3.05, 3.63) is 70.8 Å².